The van der Waals surface area contributed by atoms with Gasteiger partial charge in [0.1, 0.15) is 5.60 Å². The molecule has 1 heterocycles. The molecule has 2 amide bonds. The number of carbonyl (C=O) groups is 2. The maximum Gasteiger partial charge on any atom is 0.407 e. The number of rotatable bonds is 2. The second-order valence-electron chi connectivity index (χ2n) is 5.51. The normalized spacial score (nSPS) is 17.6. The minimum Gasteiger partial charge on any atom is -0.444 e. The maximum absolute atomic E-state index is 11.8. The maximum atomic E-state index is 11.8. The van der Waals surface area contributed by atoms with Crippen LogP contribution in [0, 0.1) is 0 Å². The lowest BCUT2D eigenvalue weighted by atomic mass is 10.0. The van der Waals surface area contributed by atoms with Gasteiger partial charge in [0.15, 0.2) is 0 Å². The zero-order chi connectivity index (χ0) is 14.0. The molecule has 0 fully saturated rings. The van der Waals surface area contributed by atoms with Crippen LogP contribution in [0.4, 0.5) is 10.5 Å². The van der Waals surface area contributed by atoms with Gasteiger partial charge in [0.2, 0.25) is 5.91 Å². The van der Waals surface area contributed by atoms with Gasteiger partial charge in [-0.15, -0.1) is 0 Å². The molecule has 1 unspecified atom stereocenters. The van der Waals surface area contributed by atoms with E-state index in [1.54, 1.807) is 20.8 Å². The fourth-order valence-corrected chi connectivity index (χ4v) is 1.98. The predicted molar refractivity (Wildman–Crippen MR) is 72.0 cm³/mol. The molecular weight excluding hydrogens is 244 g/mol. The first-order valence-corrected chi connectivity index (χ1v) is 6.23. The van der Waals surface area contributed by atoms with Crippen LogP contribution in [0.25, 0.3) is 0 Å². The van der Waals surface area contributed by atoms with E-state index in [0.29, 0.717) is 0 Å². The van der Waals surface area contributed by atoms with Gasteiger partial charge < -0.3 is 15.4 Å². The molecule has 2 rings (SSSR count). The number of hydrogen-bond acceptors (Lipinski definition) is 3. The molecule has 102 valence electrons. The molecule has 1 atom stereocenters. The molecule has 0 spiro atoms. The van der Waals surface area contributed by atoms with Crippen LogP contribution in [-0.2, 0) is 9.53 Å². The molecule has 1 aromatic rings. The molecule has 0 saturated heterocycles. The van der Waals surface area contributed by atoms with Gasteiger partial charge in [0.05, 0.1) is 5.92 Å². The van der Waals surface area contributed by atoms with E-state index in [2.05, 4.69) is 10.6 Å². The topological polar surface area (TPSA) is 67.4 Å². The van der Waals surface area contributed by atoms with E-state index in [9.17, 15) is 9.59 Å². The van der Waals surface area contributed by atoms with Crippen LogP contribution in [0.5, 0.6) is 0 Å². The van der Waals surface area contributed by atoms with Gasteiger partial charge in [-0.1, -0.05) is 18.2 Å². The molecule has 1 aliphatic heterocycles. The van der Waals surface area contributed by atoms with Crippen molar-refractivity contribution < 1.29 is 14.3 Å². The van der Waals surface area contributed by atoms with Crippen LogP contribution in [-0.4, -0.2) is 24.1 Å². The highest BCUT2D eigenvalue weighted by molar-refractivity contribution is 6.03. The molecular formula is C14H18N2O3. The van der Waals surface area contributed by atoms with Crippen LogP contribution in [0.15, 0.2) is 24.3 Å². The average Bonchev–Trinajstić information content (AvgIpc) is 2.60. The number of anilines is 1. The van der Waals surface area contributed by atoms with Crippen molar-refractivity contribution in [2.75, 3.05) is 11.9 Å². The van der Waals surface area contributed by atoms with E-state index in [-0.39, 0.29) is 18.4 Å². The van der Waals surface area contributed by atoms with Gasteiger partial charge in [-0.25, -0.2) is 4.79 Å². The van der Waals surface area contributed by atoms with Crippen LogP contribution in [0.1, 0.15) is 32.3 Å². The monoisotopic (exact) mass is 262 g/mol. The average molecular weight is 262 g/mol. The van der Waals surface area contributed by atoms with E-state index in [4.69, 9.17) is 4.74 Å². The van der Waals surface area contributed by atoms with Gasteiger partial charge in [0.25, 0.3) is 0 Å². The number of amides is 2. The summed E-state index contributed by atoms with van der Waals surface area (Å²) in [5, 5.41) is 5.42. The van der Waals surface area contributed by atoms with Gasteiger partial charge in [-0.05, 0) is 32.4 Å². The molecule has 0 aromatic heterocycles. The third-order valence-electron chi connectivity index (χ3n) is 2.76. The first-order chi connectivity index (χ1) is 8.87. The first kappa shape index (κ1) is 13.4. The van der Waals surface area contributed by atoms with Crippen molar-refractivity contribution in [3.63, 3.8) is 0 Å². The smallest absolute Gasteiger partial charge is 0.407 e. The molecule has 0 saturated carbocycles. The predicted octanol–water partition coefficient (Wildman–Crippen LogP) is 2.25. The van der Waals surface area contributed by atoms with Crippen molar-refractivity contribution >= 4 is 17.7 Å². The SMILES string of the molecule is CC(C)(C)OC(=O)NCC1C(=O)Nc2ccccc21. The number of benzene rings is 1. The zero-order valence-electron chi connectivity index (χ0n) is 11.3. The third kappa shape index (κ3) is 3.24. The molecule has 1 aromatic carbocycles. The van der Waals surface area contributed by atoms with Crippen LogP contribution in [0.2, 0.25) is 0 Å². The third-order valence-corrected chi connectivity index (χ3v) is 2.76. The number of nitrogens with one attached hydrogen (secondary N) is 2. The molecule has 0 bridgehead atoms. The number of ether oxygens (including phenoxy) is 1. The van der Waals surface area contributed by atoms with Crippen molar-refractivity contribution in [3.8, 4) is 0 Å². The molecule has 0 aliphatic carbocycles. The fraction of sp³-hybridized carbons (Fsp3) is 0.429. The fourth-order valence-electron chi connectivity index (χ4n) is 1.98. The number of para-hydroxylation sites is 1. The Morgan fingerprint density at radius 1 is 1.37 bits per heavy atom. The molecule has 2 N–H and O–H groups in total. The Bertz CT molecular complexity index is 506. The van der Waals surface area contributed by atoms with Crippen molar-refractivity contribution in [2.24, 2.45) is 0 Å². The summed E-state index contributed by atoms with van der Waals surface area (Å²) in [6.45, 7) is 5.62. The Morgan fingerprint density at radius 2 is 2.05 bits per heavy atom. The highest BCUT2D eigenvalue weighted by atomic mass is 16.6. The van der Waals surface area contributed by atoms with E-state index in [0.717, 1.165) is 11.3 Å². The molecule has 19 heavy (non-hydrogen) atoms. The van der Waals surface area contributed by atoms with E-state index < -0.39 is 11.7 Å². The van der Waals surface area contributed by atoms with Gasteiger partial charge in [0, 0.05) is 12.2 Å². The standard InChI is InChI=1S/C14H18N2O3/c1-14(2,3)19-13(18)15-8-10-9-6-4-5-7-11(9)16-12(10)17/h4-7,10H,8H2,1-3H3,(H,15,18)(H,16,17). The lowest BCUT2D eigenvalue weighted by Gasteiger charge is -2.20. The Kier molecular flexibility index (Phi) is 3.46. The van der Waals surface area contributed by atoms with Crippen molar-refractivity contribution in [1.29, 1.82) is 0 Å². The van der Waals surface area contributed by atoms with E-state index >= 15 is 0 Å². The Balaban J connectivity index is 1.97. The minimum atomic E-state index is -0.542. The summed E-state index contributed by atoms with van der Waals surface area (Å²) < 4.78 is 5.14. The zero-order valence-corrected chi connectivity index (χ0v) is 11.3. The second kappa shape index (κ2) is 4.91. The van der Waals surface area contributed by atoms with E-state index in [1.165, 1.54) is 0 Å². The quantitative estimate of drug-likeness (QED) is 0.859. The summed E-state index contributed by atoms with van der Waals surface area (Å²) in [6.07, 6.45) is -0.510. The molecule has 1 aliphatic rings. The Hall–Kier alpha value is -2.04. The highest BCUT2D eigenvalue weighted by Crippen LogP contribution is 2.31. The number of alkyl carbamates (subject to hydrolysis) is 1. The van der Waals surface area contributed by atoms with Gasteiger partial charge in [-0.2, -0.15) is 0 Å². The Labute approximate surface area is 112 Å². The van der Waals surface area contributed by atoms with E-state index in [1.807, 2.05) is 24.3 Å². The largest absolute Gasteiger partial charge is 0.444 e. The van der Waals surface area contributed by atoms with Gasteiger partial charge >= 0.3 is 6.09 Å². The van der Waals surface area contributed by atoms with Crippen LogP contribution in [0.3, 0.4) is 0 Å². The summed E-state index contributed by atoms with van der Waals surface area (Å²) in [5.41, 5.74) is 1.17. The number of carbonyl (C=O) groups excluding carboxylic acids is 2. The van der Waals surface area contributed by atoms with Crippen molar-refractivity contribution in [1.82, 2.24) is 5.32 Å². The first-order valence-electron chi connectivity index (χ1n) is 6.23. The van der Waals surface area contributed by atoms with Crippen LogP contribution >= 0.6 is 0 Å². The second-order valence-corrected chi connectivity index (χ2v) is 5.51. The summed E-state index contributed by atoms with van der Waals surface area (Å²) >= 11 is 0. The minimum absolute atomic E-state index is 0.0998. The number of fused-ring (bicyclic) bond motifs is 1. The number of hydrogen-bond donors (Lipinski definition) is 2. The molecule has 0 radical (unpaired) electrons. The highest BCUT2D eigenvalue weighted by Gasteiger charge is 2.30. The Morgan fingerprint density at radius 3 is 2.74 bits per heavy atom. The van der Waals surface area contributed by atoms with Gasteiger partial charge in [-0.3, -0.25) is 4.79 Å². The molecule has 5 heteroatoms. The van der Waals surface area contributed by atoms with Crippen molar-refractivity contribution in [2.45, 2.75) is 32.3 Å². The lowest BCUT2D eigenvalue weighted by Crippen LogP contribution is -2.36. The summed E-state index contributed by atoms with van der Waals surface area (Å²) in [7, 11) is 0. The van der Waals surface area contributed by atoms with Crippen LogP contribution < -0.4 is 10.6 Å². The lowest BCUT2D eigenvalue weighted by molar-refractivity contribution is -0.116. The summed E-state index contributed by atoms with van der Waals surface area (Å²) in [6, 6.07) is 7.47. The molecule has 5 nitrogen and oxygen atoms in total. The van der Waals surface area contributed by atoms with Crippen molar-refractivity contribution in [3.05, 3.63) is 29.8 Å². The summed E-state index contributed by atoms with van der Waals surface area (Å²) in [4.78, 5) is 23.4. The summed E-state index contributed by atoms with van der Waals surface area (Å²) in [5.74, 6) is -0.457.